The maximum atomic E-state index is 15.8. The zero-order valence-corrected chi connectivity index (χ0v) is 17.8. The lowest BCUT2D eigenvalue weighted by atomic mass is 9.70. The van der Waals surface area contributed by atoms with E-state index in [0.717, 1.165) is 5.56 Å². The average Bonchev–Trinajstić information content (AvgIpc) is 2.72. The lowest BCUT2D eigenvalue weighted by molar-refractivity contribution is -0.162. The van der Waals surface area contributed by atoms with Crippen molar-refractivity contribution >= 4 is 5.97 Å². The maximum absolute atomic E-state index is 15.8. The van der Waals surface area contributed by atoms with Crippen molar-refractivity contribution < 1.29 is 18.7 Å². The molecule has 0 amide bonds. The summed E-state index contributed by atoms with van der Waals surface area (Å²) in [5.41, 5.74) is -1.14. The van der Waals surface area contributed by atoms with Gasteiger partial charge in [0.2, 0.25) is 5.88 Å². The van der Waals surface area contributed by atoms with E-state index in [0.29, 0.717) is 12.1 Å². The van der Waals surface area contributed by atoms with Gasteiger partial charge in [-0.25, -0.2) is 14.4 Å². The zero-order valence-electron chi connectivity index (χ0n) is 17.8. The van der Waals surface area contributed by atoms with Gasteiger partial charge in [0, 0.05) is 24.7 Å². The minimum atomic E-state index is -1.75. The molecule has 1 aromatic heterocycles. The Bertz CT molecular complexity index is 946. The number of ether oxygens (including phenoxy) is 2. The van der Waals surface area contributed by atoms with Crippen molar-refractivity contribution in [3.05, 3.63) is 54.0 Å². The van der Waals surface area contributed by atoms with Crippen LogP contribution in [0.1, 0.15) is 57.2 Å². The molecular formula is C24H27FN2O3. The fourth-order valence-electron chi connectivity index (χ4n) is 3.73. The van der Waals surface area contributed by atoms with Gasteiger partial charge >= 0.3 is 5.97 Å². The quantitative estimate of drug-likeness (QED) is 0.552. The van der Waals surface area contributed by atoms with Crippen LogP contribution in [0.25, 0.3) is 0 Å². The van der Waals surface area contributed by atoms with Crippen LogP contribution >= 0.6 is 0 Å². The number of benzene rings is 1. The summed E-state index contributed by atoms with van der Waals surface area (Å²) in [6, 6.07) is 9.54. The summed E-state index contributed by atoms with van der Waals surface area (Å²) < 4.78 is 26.6. The largest absolute Gasteiger partial charge is 0.479 e. The molecule has 2 aromatic rings. The molecule has 5 nitrogen and oxygen atoms in total. The second kappa shape index (κ2) is 8.83. The Morgan fingerprint density at radius 2 is 1.90 bits per heavy atom. The smallest absolute Gasteiger partial charge is 0.310 e. The fraction of sp³-hybridized carbons (Fsp3) is 0.458. The second-order valence-electron chi connectivity index (χ2n) is 8.53. The Kier molecular flexibility index (Phi) is 6.40. The van der Waals surface area contributed by atoms with Gasteiger partial charge in [-0.3, -0.25) is 4.79 Å². The molecule has 3 atom stereocenters. The fourth-order valence-corrected chi connectivity index (χ4v) is 3.73. The molecule has 1 aromatic carbocycles. The Balaban J connectivity index is 1.89. The number of methoxy groups -OCH3 is 1. The van der Waals surface area contributed by atoms with E-state index in [4.69, 9.17) is 9.47 Å². The first-order valence-corrected chi connectivity index (χ1v) is 10.1. The van der Waals surface area contributed by atoms with E-state index in [-0.39, 0.29) is 30.6 Å². The van der Waals surface area contributed by atoms with Gasteiger partial charge < -0.3 is 9.47 Å². The van der Waals surface area contributed by atoms with Crippen molar-refractivity contribution in [1.29, 1.82) is 0 Å². The lowest BCUT2D eigenvalue weighted by Gasteiger charge is -2.37. The Hall–Kier alpha value is -2.94. The summed E-state index contributed by atoms with van der Waals surface area (Å²) >= 11 is 0. The van der Waals surface area contributed by atoms with Gasteiger partial charge in [-0.2, -0.15) is 0 Å². The monoisotopic (exact) mass is 410 g/mol. The van der Waals surface area contributed by atoms with Crippen LogP contribution in [0.4, 0.5) is 4.39 Å². The van der Waals surface area contributed by atoms with Crippen LogP contribution in [0, 0.1) is 17.8 Å². The highest BCUT2D eigenvalue weighted by Crippen LogP contribution is 2.45. The number of halogens is 1. The number of rotatable bonds is 3. The SMILES string of the molecule is COc1nccnc1C#CC1(F)CC[C@@H](C(=O)OC(C)(C)C)[C@H](c2ccccc2)C1. The molecule has 1 aliphatic rings. The van der Waals surface area contributed by atoms with Gasteiger partial charge in [0.15, 0.2) is 11.4 Å². The minimum absolute atomic E-state index is 0.108. The van der Waals surface area contributed by atoms with E-state index in [1.54, 1.807) is 0 Å². The normalized spacial score (nSPS) is 23.8. The van der Waals surface area contributed by atoms with Crippen molar-refractivity contribution in [2.75, 3.05) is 7.11 Å². The highest BCUT2D eigenvalue weighted by Gasteiger charge is 2.45. The van der Waals surface area contributed by atoms with E-state index >= 15 is 4.39 Å². The lowest BCUT2D eigenvalue weighted by Crippen LogP contribution is -2.39. The molecule has 0 saturated heterocycles. The molecule has 6 heteroatoms. The Morgan fingerprint density at radius 1 is 1.20 bits per heavy atom. The zero-order chi connectivity index (χ0) is 21.8. The number of esters is 1. The van der Waals surface area contributed by atoms with Crippen LogP contribution in [0.2, 0.25) is 0 Å². The molecule has 0 spiro atoms. The van der Waals surface area contributed by atoms with E-state index in [2.05, 4.69) is 21.8 Å². The topological polar surface area (TPSA) is 61.3 Å². The standard InChI is InChI=1S/C24H27FN2O3/c1-23(2,3)30-22(28)18-10-12-24(25,16-19(18)17-8-6-5-7-9-17)13-11-20-21(29-4)27-15-14-26-20/h5-9,14-15,18-19H,10,12,16H2,1-4H3/t18-,19+,24?/m1/s1. The van der Waals surface area contributed by atoms with Crippen molar-refractivity contribution in [3.63, 3.8) is 0 Å². The van der Waals surface area contributed by atoms with Gasteiger partial charge in [0.05, 0.1) is 13.0 Å². The molecule has 3 rings (SSSR count). The van der Waals surface area contributed by atoms with Crippen molar-refractivity contribution in [3.8, 4) is 17.7 Å². The molecule has 1 saturated carbocycles. The number of carbonyl (C=O) groups excluding carboxylic acids is 1. The van der Waals surface area contributed by atoms with Crippen LogP contribution in [0.3, 0.4) is 0 Å². The first kappa shape index (κ1) is 21.8. The van der Waals surface area contributed by atoms with Crippen LogP contribution in [-0.4, -0.2) is 34.3 Å². The molecule has 1 aliphatic carbocycles. The maximum Gasteiger partial charge on any atom is 0.310 e. The van der Waals surface area contributed by atoms with Crippen molar-refractivity contribution in [1.82, 2.24) is 9.97 Å². The van der Waals surface area contributed by atoms with Crippen molar-refractivity contribution in [2.24, 2.45) is 5.92 Å². The number of alkyl halides is 1. The third kappa shape index (κ3) is 5.35. The molecule has 0 bridgehead atoms. The summed E-state index contributed by atoms with van der Waals surface area (Å²) in [6.45, 7) is 5.51. The van der Waals surface area contributed by atoms with Gasteiger partial charge in [-0.15, -0.1) is 0 Å². The van der Waals surface area contributed by atoms with Gasteiger partial charge in [-0.05, 0) is 45.1 Å². The van der Waals surface area contributed by atoms with Crippen LogP contribution < -0.4 is 4.74 Å². The molecule has 1 unspecified atom stereocenters. The summed E-state index contributed by atoms with van der Waals surface area (Å²) in [5, 5.41) is 0. The first-order valence-electron chi connectivity index (χ1n) is 10.1. The number of aromatic nitrogens is 2. The Labute approximate surface area is 177 Å². The first-order chi connectivity index (χ1) is 14.2. The predicted molar refractivity (Wildman–Crippen MR) is 112 cm³/mol. The van der Waals surface area contributed by atoms with E-state index < -0.39 is 17.2 Å². The molecule has 158 valence electrons. The third-order valence-electron chi connectivity index (χ3n) is 5.08. The highest BCUT2D eigenvalue weighted by atomic mass is 19.1. The van der Waals surface area contributed by atoms with Gasteiger partial charge in [0.1, 0.15) is 5.60 Å². The molecule has 1 fully saturated rings. The minimum Gasteiger partial charge on any atom is -0.479 e. The highest BCUT2D eigenvalue weighted by molar-refractivity contribution is 5.74. The molecule has 1 heterocycles. The Morgan fingerprint density at radius 3 is 2.57 bits per heavy atom. The second-order valence-corrected chi connectivity index (χ2v) is 8.53. The van der Waals surface area contributed by atoms with Crippen LogP contribution in [-0.2, 0) is 9.53 Å². The van der Waals surface area contributed by atoms with Gasteiger partial charge in [-0.1, -0.05) is 36.3 Å². The van der Waals surface area contributed by atoms with Crippen LogP contribution in [0.5, 0.6) is 5.88 Å². The molecule has 0 radical (unpaired) electrons. The predicted octanol–water partition coefficient (Wildman–Crippen LogP) is 4.47. The molecular weight excluding hydrogens is 383 g/mol. The summed E-state index contributed by atoms with van der Waals surface area (Å²) in [5.74, 6) is 4.77. The summed E-state index contributed by atoms with van der Waals surface area (Å²) in [6.07, 6.45) is 3.60. The van der Waals surface area contributed by atoms with E-state index in [9.17, 15) is 4.79 Å². The number of hydrogen-bond acceptors (Lipinski definition) is 5. The third-order valence-corrected chi connectivity index (χ3v) is 5.08. The number of hydrogen-bond donors (Lipinski definition) is 0. The van der Waals surface area contributed by atoms with E-state index in [1.807, 2.05) is 51.1 Å². The number of carbonyl (C=O) groups is 1. The van der Waals surface area contributed by atoms with Crippen molar-refractivity contribution in [2.45, 2.75) is 57.2 Å². The molecule has 30 heavy (non-hydrogen) atoms. The van der Waals surface area contributed by atoms with Crippen LogP contribution in [0.15, 0.2) is 42.7 Å². The molecule has 0 N–H and O–H groups in total. The van der Waals surface area contributed by atoms with E-state index in [1.165, 1.54) is 19.5 Å². The average molecular weight is 410 g/mol. The van der Waals surface area contributed by atoms with Gasteiger partial charge in [0.25, 0.3) is 0 Å². The summed E-state index contributed by atoms with van der Waals surface area (Å²) in [4.78, 5) is 21.0. The molecule has 0 aliphatic heterocycles. The number of nitrogens with zero attached hydrogens (tertiary/aromatic N) is 2. The summed E-state index contributed by atoms with van der Waals surface area (Å²) in [7, 11) is 1.47.